The van der Waals surface area contributed by atoms with Gasteiger partial charge < -0.3 is 14.2 Å². The molecule has 0 radical (unpaired) electrons. The number of benzene rings is 2. The Kier molecular flexibility index (Phi) is 9.41. The van der Waals surface area contributed by atoms with E-state index in [1.165, 1.54) is 11.3 Å². The summed E-state index contributed by atoms with van der Waals surface area (Å²) in [5, 5.41) is 0. The lowest BCUT2D eigenvalue weighted by molar-refractivity contribution is -0.139. The molecular formula is C27H25BrI2N2O5S. The van der Waals surface area contributed by atoms with Gasteiger partial charge in [-0.25, -0.2) is 9.79 Å². The molecule has 200 valence electrons. The smallest absolute Gasteiger partial charge is 0.338 e. The van der Waals surface area contributed by atoms with Gasteiger partial charge in [-0.1, -0.05) is 17.4 Å². The molecule has 0 aliphatic carbocycles. The molecule has 2 heterocycles. The number of aromatic nitrogens is 1. The number of esters is 1. The summed E-state index contributed by atoms with van der Waals surface area (Å²) in [6.45, 7) is 7.72. The van der Waals surface area contributed by atoms with Gasteiger partial charge in [0.15, 0.2) is 4.80 Å². The highest BCUT2D eigenvalue weighted by molar-refractivity contribution is 14.1. The van der Waals surface area contributed by atoms with Gasteiger partial charge in [0.2, 0.25) is 0 Å². The predicted octanol–water partition coefficient (Wildman–Crippen LogP) is 5.57. The van der Waals surface area contributed by atoms with Crippen LogP contribution in [0.15, 0.2) is 55.9 Å². The molecule has 4 rings (SSSR count). The molecule has 1 aromatic heterocycles. The molecule has 1 atom stereocenters. The molecule has 1 aliphatic rings. The van der Waals surface area contributed by atoms with Gasteiger partial charge in [0.05, 0.1) is 53.3 Å². The molecule has 0 amide bonds. The van der Waals surface area contributed by atoms with E-state index in [2.05, 4.69) is 66.1 Å². The Bertz CT molecular complexity index is 1600. The number of carbonyl (C=O) groups excluding carboxylic acids is 1. The monoisotopic (exact) mass is 822 g/mol. The molecule has 3 aromatic rings. The summed E-state index contributed by atoms with van der Waals surface area (Å²) < 4.78 is 21.4. The molecule has 0 saturated heterocycles. The van der Waals surface area contributed by atoms with Crippen molar-refractivity contribution in [3.05, 3.63) is 84.0 Å². The minimum atomic E-state index is -0.697. The number of hydrogen-bond acceptors (Lipinski definition) is 7. The average molecular weight is 823 g/mol. The number of rotatable bonds is 7. The second-order valence-electron chi connectivity index (χ2n) is 8.68. The zero-order chi connectivity index (χ0) is 27.7. The number of allylic oxidation sites excluding steroid dienone is 1. The fourth-order valence-corrected chi connectivity index (χ4v) is 7.80. The van der Waals surface area contributed by atoms with Crippen molar-refractivity contribution in [1.29, 1.82) is 0 Å². The normalized spacial score (nSPS) is 15.4. The second kappa shape index (κ2) is 12.2. The van der Waals surface area contributed by atoms with E-state index < -0.39 is 12.0 Å². The van der Waals surface area contributed by atoms with Gasteiger partial charge in [0.25, 0.3) is 5.56 Å². The standard InChI is InChI=1S/C27H25BrI2N2O5S/c1-6-36-26(34)22-14(4)31-27-32(23(22)16-7-8-20(35-5)17(28)12-16)25(33)21(38-27)11-15-9-18(29)24(19(30)10-15)37-13(2)3/h7-13,23H,6H2,1-5H3/b21-11+/t23-/m0/s1. The number of hydrogen-bond donors (Lipinski definition) is 0. The third-order valence-corrected chi connectivity index (χ3v) is 8.89. The molecule has 0 fully saturated rings. The first kappa shape index (κ1) is 29.3. The van der Waals surface area contributed by atoms with Crippen LogP contribution in [0.25, 0.3) is 6.08 Å². The summed E-state index contributed by atoms with van der Waals surface area (Å²) >= 11 is 9.33. The van der Waals surface area contributed by atoms with Gasteiger partial charge >= 0.3 is 5.97 Å². The maximum Gasteiger partial charge on any atom is 0.338 e. The van der Waals surface area contributed by atoms with E-state index in [0.29, 0.717) is 30.8 Å². The molecule has 11 heteroatoms. The van der Waals surface area contributed by atoms with Crippen LogP contribution in [0.4, 0.5) is 0 Å². The van der Waals surface area contributed by atoms with Crippen LogP contribution in [-0.2, 0) is 9.53 Å². The first-order chi connectivity index (χ1) is 18.0. The predicted molar refractivity (Wildman–Crippen MR) is 169 cm³/mol. The van der Waals surface area contributed by atoms with Gasteiger partial charge in [-0.15, -0.1) is 0 Å². The van der Waals surface area contributed by atoms with Crippen LogP contribution < -0.4 is 24.4 Å². The van der Waals surface area contributed by atoms with Crippen LogP contribution in [-0.4, -0.2) is 30.4 Å². The molecule has 2 aromatic carbocycles. The zero-order valence-corrected chi connectivity index (χ0v) is 28.0. The molecular weight excluding hydrogens is 798 g/mol. The lowest BCUT2D eigenvalue weighted by Gasteiger charge is -2.25. The third-order valence-electron chi connectivity index (χ3n) is 5.68. The van der Waals surface area contributed by atoms with Crippen molar-refractivity contribution in [3.8, 4) is 11.5 Å². The summed E-state index contributed by atoms with van der Waals surface area (Å²) in [6, 6.07) is 8.80. The Morgan fingerprint density at radius 2 is 1.92 bits per heavy atom. The SMILES string of the molecule is CCOC(=O)C1=C(C)N=c2s/c(=C/c3cc(I)c(OC(C)C)c(I)c3)c(=O)n2[C@H]1c1ccc(OC)c(Br)c1. The van der Waals surface area contributed by atoms with Crippen LogP contribution in [0.5, 0.6) is 11.5 Å². The highest BCUT2D eigenvalue weighted by Gasteiger charge is 2.33. The van der Waals surface area contributed by atoms with Crippen molar-refractivity contribution in [3.63, 3.8) is 0 Å². The Morgan fingerprint density at radius 1 is 1.24 bits per heavy atom. The number of methoxy groups -OCH3 is 1. The van der Waals surface area contributed by atoms with Gasteiger partial charge in [0, 0.05) is 0 Å². The average Bonchev–Trinajstić information content (AvgIpc) is 3.14. The Morgan fingerprint density at radius 3 is 2.50 bits per heavy atom. The molecule has 38 heavy (non-hydrogen) atoms. The van der Waals surface area contributed by atoms with Crippen LogP contribution in [0.1, 0.15) is 44.9 Å². The van der Waals surface area contributed by atoms with E-state index in [4.69, 9.17) is 14.2 Å². The Balaban J connectivity index is 1.92. The number of thiazole rings is 1. The van der Waals surface area contributed by atoms with Gasteiger partial charge in [-0.3, -0.25) is 9.36 Å². The molecule has 0 spiro atoms. The van der Waals surface area contributed by atoms with E-state index in [9.17, 15) is 9.59 Å². The highest BCUT2D eigenvalue weighted by Crippen LogP contribution is 2.35. The lowest BCUT2D eigenvalue weighted by atomic mass is 9.96. The minimum absolute atomic E-state index is 0.0568. The minimum Gasteiger partial charge on any atom is -0.496 e. The zero-order valence-electron chi connectivity index (χ0n) is 21.3. The summed E-state index contributed by atoms with van der Waals surface area (Å²) in [5.41, 5.74) is 2.24. The number of fused-ring (bicyclic) bond motifs is 1. The molecule has 0 N–H and O–H groups in total. The summed E-state index contributed by atoms with van der Waals surface area (Å²) in [5.74, 6) is 0.984. The van der Waals surface area contributed by atoms with Crippen molar-refractivity contribution in [2.75, 3.05) is 13.7 Å². The maximum atomic E-state index is 13.9. The molecule has 0 unspecified atom stereocenters. The fraction of sp³-hybridized carbons (Fsp3) is 0.296. The quantitative estimate of drug-likeness (QED) is 0.231. The third kappa shape index (κ3) is 5.89. The summed E-state index contributed by atoms with van der Waals surface area (Å²) in [4.78, 5) is 32.1. The second-order valence-corrected chi connectivity index (χ2v) is 12.9. The van der Waals surface area contributed by atoms with Crippen LogP contribution >= 0.6 is 72.4 Å². The maximum absolute atomic E-state index is 13.9. The van der Waals surface area contributed by atoms with Crippen LogP contribution in [0.3, 0.4) is 0 Å². The van der Waals surface area contributed by atoms with Gasteiger partial charge in [-0.05, 0) is 130 Å². The van der Waals surface area contributed by atoms with Crippen molar-refractivity contribution >= 4 is 84.5 Å². The Hall–Kier alpha value is -1.71. The Labute approximate surface area is 260 Å². The topological polar surface area (TPSA) is 79.1 Å². The van der Waals surface area contributed by atoms with E-state index in [1.807, 2.05) is 44.2 Å². The summed E-state index contributed by atoms with van der Waals surface area (Å²) in [6.07, 6.45) is 1.92. The largest absolute Gasteiger partial charge is 0.496 e. The van der Waals surface area contributed by atoms with Crippen molar-refractivity contribution in [2.45, 2.75) is 39.8 Å². The lowest BCUT2D eigenvalue weighted by Crippen LogP contribution is -2.40. The van der Waals surface area contributed by atoms with Crippen LogP contribution in [0, 0.1) is 7.14 Å². The van der Waals surface area contributed by atoms with E-state index in [1.54, 1.807) is 31.6 Å². The van der Waals surface area contributed by atoms with E-state index >= 15 is 0 Å². The van der Waals surface area contributed by atoms with Gasteiger partial charge in [-0.2, -0.15) is 0 Å². The first-order valence-corrected chi connectivity index (χ1v) is 15.5. The fourth-order valence-electron chi connectivity index (χ4n) is 4.12. The van der Waals surface area contributed by atoms with Gasteiger partial charge in [0.1, 0.15) is 11.5 Å². The first-order valence-electron chi connectivity index (χ1n) is 11.7. The highest BCUT2D eigenvalue weighted by atomic mass is 127. The van der Waals surface area contributed by atoms with Crippen molar-refractivity contribution < 1.29 is 19.0 Å². The summed E-state index contributed by atoms with van der Waals surface area (Å²) in [7, 11) is 1.58. The number of ether oxygens (including phenoxy) is 3. The number of carbonyl (C=O) groups is 1. The van der Waals surface area contributed by atoms with Crippen molar-refractivity contribution in [2.24, 2.45) is 4.99 Å². The van der Waals surface area contributed by atoms with Crippen LogP contribution in [0.2, 0.25) is 0 Å². The number of halogens is 3. The molecule has 1 aliphatic heterocycles. The number of nitrogens with zero attached hydrogens (tertiary/aromatic N) is 2. The molecule has 0 bridgehead atoms. The van der Waals surface area contributed by atoms with E-state index in [-0.39, 0.29) is 18.3 Å². The molecule has 7 nitrogen and oxygen atoms in total. The van der Waals surface area contributed by atoms with E-state index in [0.717, 1.165) is 24.0 Å². The molecule has 0 saturated carbocycles. The van der Waals surface area contributed by atoms with Crippen molar-refractivity contribution in [1.82, 2.24) is 4.57 Å².